The molecule has 0 aliphatic carbocycles. The van der Waals surface area contributed by atoms with Crippen molar-refractivity contribution < 1.29 is 4.74 Å². The second-order valence-electron chi connectivity index (χ2n) is 5.82. The summed E-state index contributed by atoms with van der Waals surface area (Å²) in [4.78, 5) is 2.84. The molecule has 1 aliphatic rings. The van der Waals surface area contributed by atoms with Crippen LogP contribution < -0.4 is 15.4 Å². The van der Waals surface area contributed by atoms with Gasteiger partial charge in [-0.05, 0) is 36.8 Å². The Morgan fingerprint density at radius 3 is 2.50 bits per heavy atom. The summed E-state index contributed by atoms with van der Waals surface area (Å²) in [6.07, 6.45) is 2.46. The van der Waals surface area contributed by atoms with Gasteiger partial charge in [-0.3, -0.25) is 0 Å². The van der Waals surface area contributed by atoms with Gasteiger partial charge in [0.05, 0.1) is 12.8 Å². The molecule has 0 radical (unpaired) electrons. The predicted octanol–water partition coefficient (Wildman–Crippen LogP) is 3.20. The van der Waals surface area contributed by atoms with Crippen LogP contribution in [-0.4, -0.2) is 25.2 Å². The Balaban J connectivity index is 2.21. The first-order valence-corrected chi connectivity index (χ1v) is 7.66. The highest BCUT2D eigenvalue weighted by molar-refractivity contribution is 7.80. The zero-order valence-corrected chi connectivity index (χ0v) is 13.4. The van der Waals surface area contributed by atoms with E-state index in [1.54, 1.807) is 7.11 Å². The molecule has 1 aliphatic heterocycles. The first kappa shape index (κ1) is 15.1. The van der Waals surface area contributed by atoms with Crippen LogP contribution in [0.25, 0.3) is 0 Å². The summed E-state index contributed by atoms with van der Waals surface area (Å²) in [7, 11) is 1.69. The number of thiocarbonyl (C=S) groups is 1. The maximum Gasteiger partial charge on any atom is 0.120 e. The van der Waals surface area contributed by atoms with Gasteiger partial charge in [0.2, 0.25) is 0 Å². The van der Waals surface area contributed by atoms with E-state index in [1.165, 1.54) is 12.8 Å². The quantitative estimate of drug-likeness (QED) is 0.865. The van der Waals surface area contributed by atoms with Crippen LogP contribution >= 0.6 is 12.2 Å². The Bertz CT molecular complexity index is 479. The van der Waals surface area contributed by atoms with E-state index in [-0.39, 0.29) is 0 Å². The molecule has 1 aromatic rings. The lowest BCUT2D eigenvalue weighted by molar-refractivity contribution is 0.311. The molecule has 3 nitrogen and oxygen atoms in total. The van der Waals surface area contributed by atoms with Crippen molar-refractivity contribution >= 4 is 22.9 Å². The molecule has 0 bridgehead atoms. The molecule has 20 heavy (non-hydrogen) atoms. The molecular weight excluding hydrogens is 268 g/mol. The van der Waals surface area contributed by atoms with Crippen LogP contribution in [0.1, 0.15) is 32.3 Å². The van der Waals surface area contributed by atoms with Gasteiger partial charge in [-0.2, -0.15) is 0 Å². The van der Waals surface area contributed by atoms with Gasteiger partial charge in [-0.15, -0.1) is 0 Å². The molecule has 1 heterocycles. The van der Waals surface area contributed by atoms with E-state index in [1.807, 2.05) is 18.2 Å². The fourth-order valence-corrected chi connectivity index (χ4v) is 3.09. The molecule has 0 unspecified atom stereocenters. The Morgan fingerprint density at radius 1 is 1.35 bits per heavy atom. The highest BCUT2D eigenvalue weighted by Gasteiger charge is 2.23. The van der Waals surface area contributed by atoms with Gasteiger partial charge in [0.25, 0.3) is 0 Å². The van der Waals surface area contributed by atoms with Gasteiger partial charge >= 0.3 is 0 Å². The average Bonchev–Trinajstić information content (AvgIpc) is 2.46. The summed E-state index contributed by atoms with van der Waals surface area (Å²) in [6, 6.07) is 5.92. The minimum absolute atomic E-state index is 0.452. The smallest absolute Gasteiger partial charge is 0.120 e. The topological polar surface area (TPSA) is 38.5 Å². The third kappa shape index (κ3) is 3.23. The maximum absolute atomic E-state index is 5.85. The maximum atomic E-state index is 5.85. The fourth-order valence-electron chi connectivity index (χ4n) is 2.92. The van der Waals surface area contributed by atoms with E-state index in [9.17, 15) is 0 Å². The van der Waals surface area contributed by atoms with Crippen LogP contribution in [0.3, 0.4) is 0 Å². The van der Waals surface area contributed by atoms with Gasteiger partial charge in [0, 0.05) is 24.7 Å². The molecule has 2 rings (SSSR count). The highest BCUT2D eigenvalue weighted by Crippen LogP contribution is 2.32. The molecule has 1 fully saturated rings. The zero-order chi connectivity index (χ0) is 14.7. The first-order chi connectivity index (χ1) is 9.52. The number of nitrogens with zero attached hydrogens (tertiary/aromatic N) is 1. The molecule has 0 saturated carbocycles. The van der Waals surface area contributed by atoms with Crippen molar-refractivity contribution in [3.63, 3.8) is 0 Å². The second-order valence-corrected chi connectivity index (χ2v) is 6.26. The van der Waals surface area contributed by atoms with Gasteiger partial charge in [0.15, 0.2) is 0 Å². The van der Waals surface area contributed by atoms with Gasteiger partial charge in [0.1, 0.15) is 10.7 Å². The van der Waals surface area contributed by atoms with Crippen molar-refractivity contribution in [2.45, 2.75) is 26.7 Å². The second kappa shape index (κ2) is 6.44. The van der Waals surface area contributed by atoms with E-state index in [2.05, 4.69) is 18.7 Å². The lowest BCUT2D eigenvalue weighted by Gasteiger charge is -2.36. The van der Waals surface area contributed by atoms with Crippen LogP contribution in [0, 0.1) is 11.8 Å². The summed E-state index contributed by atoms with van der Waals surface area (Å²) >= 11 is 5.17. The molecule has 0 spiro atoms. The first-order valence-electron chi connectivity index (χ1n) is 7.25. The number of hydrogen-bond acceptors (Lipinski definition) is 3. The molecule has 2 N–H and O–H groups in total. The van der Waals surface area contributed by atoms with Crippen molar-refractivity contribution in [3.05, 3.63) is 23.8 Å². The summed E-state index contributed by atoms with van der Waals surface area (Å²) in [5, 5.41) is 0. The fraction of sp³-hybridized carbons (Fsp3) is 0.562. The van der Waals surface area contributed by atoms with Gasteiger partial charge < -0.3 is 15.4 Å². The number of methoxy groups -OCH3 is 1. The monoisotopic (exact) mass is 292 g/mol. The molecule has 110 valence electrons. The van der Waals surface area contributed by atoms with Crippen LogP contribution in [-0.2, 0) is 0 Å². The van der Waals surface area contributed by atoms with E-state index < -0.39 is 0 Å². The summed E-state index contributed by atoms with van der Waals surface area (Å²) in [6.45, 7) is 6.75. The van der Waals surface area contributed by atoms with Crippen molar-refractivity contribution in [2.75, 3.05) is 25.1 Å². The van der Waals surface area contributed by atoms with Gasteiger partial charge in [-0.1, -0.05) is 26.1 Å². The molecule has 0 aromatic heterocycles. The summed E-state index contributed by atoms with van der Waals surface area (Å²) in [5.41, 5.74) is 7.91. The largest absolute Gasteiger partial charge is 0.497 e. The number of nitrogens with two attached hydrogens (primary N) is 1. The molecule has 0 amide bonds. The lowest BCUT2D eigenvalue weighted by atomic mass is 9.86. The number of hydrogen-bond donors (Lipinski definition) is 1. The number of anilines is 1. The zero-order valence-electron chi connectivity index (χ0n) is 12.6. The highest BCUT2D eigenvalue weighted by atomic mass is 32.1. The third-order valence-electron chi connectivity index (χ3n) is 4.29. The lowest BCUT2D eigenvalue weighted by Crippen LogP contribution is -2.36. The molecular formula is C16H24N2OS. The molecule has 1 aromatic carbocycles. The van der Waals surface area contributed by atoms with Crippen molar-refractivity contribution in [1.82, 2.24) is 0 Å². The van der Waals surface area contributed by atoms with Crippen molar-refractivity contribution in [1.29, 1.82) is 0 Å². The Labute approximate surface area is 127 Å². The number of benzene rings is 1. The summed E-state index contributed by atoms with van der Waals surface area (Å²) < 4.78 is 5.33. The Morgan fingerprint density at radius 2 is 2.00 bits per heavy atom. The van der Waals surface area contributed by atoms with Crippen LogP contribution in [0.4, 0.5) is 5.69 Å². The van der Waals surface area contributed by atoms with Gasteiger partial charge in [-0.25, -0.2) is 0 Å². The standard InChI is InChI=1S/C16H24N2OS/c1-11(2)12-6-8-18(9-7-12)15-10-13(19-3)4-5-14(15)16(17)20/h4-5,10-12H,6-9H2,1-3H3,(H2,17,20). The van der Waals surface area contributed by atoms with E-state index in [0.29, 0.717) is 4.99 Å². The van der Waals surface area contributed by atoms with Crippen LogP contribution in [0.5, 0.6) is 5.75 Å². The molecule has 1 saturated heterocycles. The molecule has 4 heteroatoms. The van der Waals surface area contributed by atoms with E-state index >= 15 is 0 Å². The van der Waals surface area contributed by atoms with Crippen LogP contribution in [0.15, 0.2) is 18.2 Å². The number of rotatable bonds is 4. The van der Waals surface area contributed by atoms with Crippen LogP contribution in [0.2, 0.25) is 0 Å². The van der Waals surface area contributed by atoms with E-state index in [4.69, 9.17) is 22.7 Å². The normalized spacial score (nSPS) is 16.5. The number of ether oxygens (including phenoxy) is 1. The summed E-state index contributed by atoms with van der Waals surface area (Å²) in [5.74, 6) is 2.44. The Hall–Kier alpha value is -1.29. The molecule has 0 atom stereocenters. The third-order valence-corrected chi connectivity index (χ3v) is 4.51. The average molecular weight is 292 g/mol. The Kier molecular flexibility index (Phi) is 4.86. The minimum Gasteiger partial charge on any atom is -0.497 e. The van der Waals surface area contributed by atoms with E-state index in [0.717, 1.165) is 41.9 Å². The minimum atomic E-state index is 0.452. The predicted molar refractivity (Wildman–Crippen MR) is 88.7 cm³/mol. The SMILES string of the molecule is COc1ccc(C(N)=S)c(N2CCC(C(C)C)CC2)c1. The number of piperidine rings is 1. The van der Waals surface area contributed by atoms with Crippen molar-refractivity contribution in [3.8, 4) is 5.75 Å². The van der Waals surface area contributed by atoms with Crippen molar-refractivity contribution in [2.24, 2.45) is 17.6 Å².